The second-order valence-corrected chi connectivity index (χ2v) is 6.74. The maximum Gasteiger partial charge on any atom is 0.311 e. The molecule has 1 aromatic carbocycles. The molecule has 4 nitrogen and oxygen atoms in total. The number of ether oxygens (including phenoxy) is 2. The molecule has 0 saturated carbocycles. The van der Waals surface area contributed by atoms with Crippen molar-refractivity contribution in [3.05, 3.63) is 23.2 Å². The molecule has 0 aromatic heterocycles. The third kappa shape index (κ3) is 6.70. The van der Waals surface area contributed by atoms with Gasteiger partial charge in [0.15, 0.2) is 11.5 Å². The van der Waals surface area contributed by atoms with E-state index in [1.54, 1.807) is 18.2 Å². The number of carbonyl (C=O) groups is 1. The molecule has 0 spiro atoms. The predicted molar refractivity (Wildman–Crippen MR) is 97.0 cm³/mol. The maximum absolute atomic E-state index is 12.0. The number of hydrogen-bond donors (Lipinski definition) is 1. The van der Waals surface area contributed by atoms with Crippen LogP contribution in [0.3, 0.4) is 0 Å². The Bertz CT molecular complexity index is 515. The molecule has 1 fully saturated rings. The average molecular weight is 354 g/mol. The van der Waals surface area contributed by atoms with Crippen LogP contribution in [0.2, 0.25) is 5.02 Å². The summed E-state index contributed by atoms with van der Waals surface area (Å²) in [5, 5.41) is 3.98. The molecule has 1 heterocycles. The monoisotopic (exact) mass is 353 g/mol. The Balaban J connectivity index is 1.83. The van der Waals surface area contributed by atoms with Crippen molar-refractivity contribution in [3.8, 4) is 11.5 Å². The van der Waals surface area contributed by atoms with E-state index in [0.717, 1.165) is 38.6 Å². The summed E-state index contributed by atoms with van der Waals surface area (Å²) in [4.78, 5) is 12.0. The van der Waals surface area contributed by atoms with E-state index in [1.807, 2.05) is 0 Å². The van der Waals surface area contributed by atoms with Crippen LogP contribution in [0.1, 0.15) is 58.3 Å². The number of rotatable bonds is 10. The molecule has 1 atom stereocenters. The van der Waals surface area contributed by atoms with Gasteiger partial charge in [0.2, 0.25) is 0 Å². The van der Waals surface area contributed by atoms with Gasteiger partial charge in [-0.3, -0.25) is 4.79 Å². The molecular formula is C19H28ClNO3. The molecular weight excluding hydrogens is 326 g/mol. The van der Waals surface area contributed by atoms with Gasteiger partial charge in [-0.25, -0.2) is 0 Å². The van der Waals surface area contributed by atoms with Crippen LogP contribution < -0.4 is 14.8 Å². The van der Waals surface area contributed by atoms with Crippen molar-refractivity contribution in [2.75, 3.05) is 13.2 Å². The van der Waals surface area contributed by atoms with Crippen LogP contribution in [0.4, 0.5) is 0 Å². The molecule has 1 aliphatic heterocycles. The summed E-state index contributed by atoms with van der Waals surface area (Å²) >= 11 is 6.03. The summed E-state index contributed by atoms with van der Waals surface area (Å²) in [6.45, 7) is 3.84. The van der Waals surface area contributed by atoms with Gasteiger partial charge in [0.1, 0.15) is 0 Å². The Morgan fingerprint density at radius 2 is 2.17 bits per heavy atom. The van der Waals surface area contributed by atoms with Crippen molar-refractivity contribution in [2.45, 2.75) is 64.3 Å². The largest absolute Gasteiger partial charge is 0.490 e. The minimum absolute atomic E-state index is 0.226. The Morgan fingerprint density at radius 3 is 2.92 bits per heavy atom. The van der Waals surface area contributed by atoms with E-state index in [4.69, 9.17) is 21.1 Å². The van der Waals surface area contributed by atoms with Crippen LogP contribution in [0.5, 0.6) is 11.5 Å². The average Bonchev–Trinajstić information content (AvgIpc) is 3.07. The first kappa shape index (κ1) is 19.1. The number of carbonyl (C=O) groups excluding carboxylic acids is 1. The lowest BCUT2D eigenvalue weighted by Crippen LogP contribution is -2.23. The lowest BCUT2D eigenvalue weighted by Gasteiger charge is -2.14. The molecule has 5 heteroatoms. The number of hydrogen-bond acceptors (Lipinski definition) is 4. The first-order valence-electron chi connectivity index (χ1n) is 9.05. The van der Waals surface area contributed by atoms with E-state index in [9.17, 15) is 4.79 Å². The zero-order valence-corrected chi connectivity index (χ0v) is 15.2. The highest BCUT2D eigenvalue weighted by Crippen LogP contribution is 2.31. The summed E-state index contributed by atoms with van der Waals surface area (Å²) in [5.74, 6) is 0.775. The number of esters is 1. The second-order valence-electron chi connectivity index (χ2n) is 6.31. The molecule has 1 unspecified atom stereocenters. The first-order valence-corrected chi connectivity index (χ1v) is 9.43. The van der Waals surface area contributed by atoms with Crippen LogP contribution >= 0.6 is 11.6 Å². The molecule has 0 amide bonds. The van der Waals surface area contributed by atoms with E-state index in [1.165, 1.54) is 12.8 Å². The van der Waals surface area contributed by atoms with Gasteiger partial charge in [0.25, 0.3) is 0 Å². The van der Waals surface area contributed by atoms with Crippen molar-refractivity contribution < 1.29 is 14.3 Å². The fourth-order valence-electron chi connectivity index (χ4n) is 2.86. The number of halogens is 1. The molecule has 1 saturated heterocycles. The highest BCUT2D eigenvalue weighted by Gasteiger charge is 2.15. The predicted octanol–water partition coefficient (Wildman–Crippen LogP) is 4.74. The van der Waals surface area contributed by atoms with E-state index < -0.39 is 0 Å². The normalized spacial score (nSPS) is 17.0. The zero-order chi connectivity index (χ0) is 17.2. The lowest BCUT2D eigenvalue weighted by atomic mass is 10.1. The van der Waals surface area contributed by atoms with Crippen molar-refractivity contribution in [1.29, 1.82) is 0 Å². The molecule has 0 aliphatic carbocycles. The topological polar surface area (TPSA) is 47.6 Å². The second kappa shape index (κ2) is 10.6. The third-order valence-electron chi connectivity index (χ3n) is 4.25. The first-order chi connectivity index (χ1) is 11.7. The Kier molecular flexibility index (Phi) is 8.40. The van der Waals surface area contributed by atoms with Crippen LogP contribution in [-0.4, -0.2) is 25.2 Å². The van der Waals surface area contributed by atoms with Gasteiger partial charge in [0.05, 0.1) is 6.61 Å². The van der Waals surface area contributed by atoms with Crippen molar-refractivity contribution >= 4 is 17.6 Å². The highest BCUT2D eigenvalue weighted by atomic mass is 35.5. The third-order valence-corrected chi connectivity index (χ3v) is 4.49. The van der Waals surface area contributed by atoms with Gasteiger partial charge >= 0.3 is 5.97 Å². The fourth-order valence-corrected chi connectivity index (χ4v) is 3.03. The van der Waals surface area contributed by atoms with Gasteiger partial charge in [0, 0.05) is 23.6 Å². The Morgan fingerprint density at radius 1 is 1.29 bits per heavy atom. The molecule has 0 radical (unpaired) electrons. The van der Waals surface area contributed by atoms with E-state index in [-0.39, 0.29) is 5.97 Å². The SMILES string of the molecule is CCCCCCC(=O)Oc1cc(Cl)ccc1OCCC1CCCN1. The fraction of sp³-hybridized carbons (Fsp3) is 0.632. The van der Waals surface area contributed by atoms with Crippen LogP contribution in [0.15, 0.2) is 18.2 Å². The summed E-state index contributed by atoms with van der Waals surface area (Å²) in [5.41, 5.74) is 0. The molecule has 1 aliphatic rings. The summed E-state index contributed by atoms with van der Waals surface area (Å²) in [6, 6.07) is 5.70. The summed E-state index contributed by atoms with van der Waals surface area (Å²) in [7, 11) is 0. The molecule has 1 N–H and O–H groups in total. The minimum atomic E-state index is -0.226. The van der Waals surface area contributed by atoms with Gasteiger partial charge in [-0.1, -0.05) is 37.8 Å². The Labute approximate surface area is 149 Å². The number of nitrogens with one attached hydrogen (secondary N) is 1. The lowest BCUT2D eigenvalue weighted by molar-refractivity contribution is -0.134. The van der Waals surface area contributed by atoms with E-state index in [2.05, 4.69) is 12.2 Å². The summed E-state index contributed by atoms with van der Waals surface area (Å²) < 4.78 is 11.3. The number of benzene rings is 1. The Hall–Kier alpha value is -1.26. The van der Waals surface area contributed by atoms with Crippen LogP contribution in [0, 0.1) is 0 Å². The quantitative estimate of drug-likeness (QED) is 0.375. The molecule has 0 bridgehead atoms. The van der Waals surface area contributed by atoms with Gasteiger partial charge in [-0.05, 0) is 44.4 Å². The van der Waals surface area contributed by atoms with Gasteiger partial charge in [-0.15, -0.1) is 0 Å². The van der Waals surface area contributed by atoms with Crippen molar-refractivity contribution in [3.63, 3.8) is 0 Å². The van der Waals surface area contributed by atoms with Gasteiger partial charge < -0.3 is 14.8 Å². The highest BCUT2D eigenvalue weighted by molar-refractivity contribution is 6.30. The maximum atomic E-state index is 12.0. The van der Waals surface area contributed by atoms with Crippen molar-refractivity contribution in [1.82, 2.24) is 5.32 Å². The van der Waals surface area contributed by atoms with Crippen LogP contribution in [-0.2, 0) is 4.79 Å². The van der Waals surface area contributed by atoms with E-state index >= 15 is 0 Å². The molecule has 2 rings (SSSR count). The van der Waals surface area contributed by atoms with Gasteiger partial charge in [-0.2, -0.15) is 0 Å². The molecule has 1 aromatic rings. The summed E-state index contributed by atoms with van der Waals surface area (Å²) in [6.07, 6.45) is 8.02. The smallest absolute Gasteiger partial charge is 0.311 e. The van der Waals surface area contributed by atoms with Crippen LogP contribution in [0.25, 0.3) is 0 Å². The zero-order valence-electron chi connectivity index (χ0n) is 14.5. The number of unbranched alkanes of at least 4 members (excludes halogenated alkanes) is 3. The van der Waals surface area contributed by atoms with Crippen molar-refractivity contribution in [2.24, 2.45) is 0 Å². The van der Waals surface area contributed by atoms with E-state index in [0.29, 0.717) is 35.6 Å². The minimum Gasteiger partial charge on any atom is -0.490 e. The standard InChI is InChI=1S/C19H28ClNO3/c1-2-3-4-5-8-19(22)24-18-14-15(20)9-10-17(18)23-13-11-16-7-6-12-21-16/h9-10,14,16,21H,2-8,11-13H2,1H3. The molecule has 24 heavy (non-hydrogen) atoms. The molecule has 134 valence electrons.